The summed E-state index contributed by atoms with van der Waals surface area (Å²) in [7, 11) is 0. The van der Waals surface area contributed by atoms with E-state index in [1.165, 1.54) is 0 Å². The first-order valence-electron chi connectivity index (χ1n) is 6.36. The summed E-state index contributed by atoms with van der Waals surface area (Å²) in [5, 5.41) is 27.4. The van der Waals surface area contributed by atoms with Gasteiger partial charge in [0.2, 0.25) is 0 Å². The van der Waals surface area contributed by atoms with Crippen molar-refractivity contribution in [1.29, 1.82) is 5.26 Å². The normalized spacial score (nSPS) is 16.6. The van der Waals surface area contributed by atoms with Crippen molar-refractivity contribution in [3.05, 3.63) is 23.9 Å². The van der Waals surface area contributed by atoms with E-state index >= 15 is 0 Å². The summed E-state index contributed by atoms with van der Waals surface area (Å²) in [6.07, 6.45) is 1.69. The van der Waals surface area contributed by atoms with Crippen molar-refractivity contribution >= 4 is 5.82 Å². The average molecular weight is 262 g/mol. The lowest BCUT2D eigenvalue weighted by molar-refractivity contribution is 0.0699. The van der Waals surface area contributed by atoms with Crippen LogP contribution in [0.1, 0.15) is 5.56 Å². The number of nitriles is 1. The number of aromatic nitrogens is 1. The second-order valence-corrected chi connectivity index (χ2v) is 4.53. The molecule has 0 spiro atoms. The molecule has 0 atom stereocenters. The van der Waals surface area contributed by atoms with Crippen molar-refractivity contribution in [2.24, 2.45) is 0 Å². The van der Waals surface area contributed by atoms with Gasteiger partial charge in [-0.05, 0) is 12.1 Å². The van der Waals surface area contributed by atoms with Gasteiger partial charge in [0.15, 0.2) is 0 Å². The number of anilines is 1. The van der Waals surface area contributed by atoms with E-state index in [0.29, 0.717) is 11.4 Å². The summed E-state index contributed by atoms with van der Waals surface area (Å²) < 4.78 is 0. The maximum Gasteiger partial charge on any atom is 0.146 e. The second-order valence-electron chi connectivity index (χ2n) is 4.53. The highest BCUT2D eigenvalue weighted by molar-refractivity contribution is 5.53. The molecule has 2 N–H and O–H groups in total. The predicted molar refractivity (Wildman–Crippen MR) is 70.7 cm³/mol. The Labute approximate surface area is 112 Å². The number of pyridine rings is 1. The molecule has 0 saturated carbocycles. The molecular formula is C13H18N4O2. The van der Waals surface area contributed by atoms with Gasteiger partial charge < -0.3 is 15.1 Å². The van der Waals surface area contributed by atoms with Crippen LogP contribution >= 0.6 is 0 Å². The molecule has 0 unspecified atom stereocenters. The molecule has 1 aromatic heterocycles. The summed E-state index contributed by atoms with van der Waals surface area (Å²) in [5.74, 6) is 0.717. The van der Waals surface area contributed by atoms with Crippen LogP contribution in [-0.4, -0.2) is 65.5 Å². The van der Waals surface area contributed by atoms with E-state index in [9.17, 15) is 10.2 Å². The first kappa shape index (κ1) is 13.7. The lowest BCUT2D eigenvalue weighted by atomic mass is 10.2. The highest BCUT2D eigenvalue weighted by Gasteiger charge is 2.24. The third-order valence-electron chi connectivity index (χ3n) is 3.46. The SMILES string of the molecule is N#Cc1cccnc1N1CCN(C(CO)CO)CC1. The lowest BCUT2D eigenvalue weighted by Gasteiger charge is -2.38. The molecule has 1 aliphatic rings. The molecule has 6 nitrogen and oxygen atoms in total. The maximum atomic E-state index is 9.17. The van der Waals surface area contributed by atoms with Crippen LogP contribution < -0.4 is 4.90 Å². The Balaban J connectivity index is 2.02. The summed E-state index contributed by atoms with van der Waals surface area (Å²) in [6.45, 7) is 2.89. The molecule has 6 heteroatoms. The van der Waals surface area contributed by atoms with Gasteiger partial charge in [-0.3, -0.25) is 4.90 Å². The van der Waals surface area contributed by atoms with Gasteiger partial charge in [0.25, 0.3) is 0 Å². The van der Waals surface area contributed by atoms with Gasteiger partial charge in [0.1, 0.15) is 11.9 Å². The molecule has 19 heavy (non-hydrogen) atoms. The van der Waals surface area contributed by atoms with E-state index in [1.54, 1.807) is 18.3 Å². The van der Waals surface area contributed by atoms with Crippen LogP contribution in [0.25, 0.3) is 0 Å². The predicted octanol–water partition coefficient (Wildman–Crippen LogP) is -0.572. The van der Waals surface area contributed by atoms with E-state index in [2.05, 4.69) is 20.9 Å². The minimum Gasteiger partial charge on any atom is -0.395 e. The smallest absolute Gasteiger partial charge is 0.146 e. The number of hydrogen-bond acceptors (Lipinski definition) is 6. The standard InChI is InChI=1S/C13H18N4O2/c14-8-11-2-1-3-15-13(11)17-6-4-16(5-7-17)12(9-18)10-19/h1-3,12,18-19H,4-7,9-10H2. The largest absolute Gasteiger partial charge is 0.395 e. The van der Waals surface area contributed by atoms with Crippen LogP contribution in [0.15, 0.2) is 18.3 Å². The Hall–Kier alpha value is -1.68. The van der Waals surface area contributed by atoms with Gasteiger partial charge in [0.05, 0.1) is 24.8 Å². The molecule has 1 saturated heterocycles. The van der Waals surface area contributed by atoms with E-state index in [0.717, 1.165) is 26.2 Å². The molecule has 0 amide bonds. The summed E-state index contributed by atoms with van der Waals surface area (Å²) in [4.78, 5) is 8.40. The van der Waals surface area contributed by atoms with Crippen molar-refractivity contribution in [3.8, 4) is 6.07 Å². The molecule has 1 aliphatic heterocycles. The number of rotatable bonds is 4. The highest BCUT2D eigenvalue weighted by Crippen LogP contribution is 2.18. The summed E-state index contributed by atoms with van der Waals surface area (Å²) >= 11 is 0. The van der Waals surface area contributed by atoms with Gasteiger partial charge in [0, 0.05) is 32.4 Å². The van der Waals surface area contributed by atoms with Crippen LogP contribution in [0, 0.1) is 11.3 Å². The summed E-state index contributed by atoms with van der Waals surface area (Å²) in [5.41, 5.74) is 0.580. The Bertz CT molecular complexity index is 448. The highest BCUT2D eigenvalue weighted by atomic mass is 16.3. The van der Waals surface area contributed by atoms with Crippen LogP contribution in [0.3, 0.4) is 0 Å². The number of piperazine rings is 1. The fourth-order valence-corrected chi connectivity index (χ4v) is 2.32. The fourth-order valence-electron chi connectivity index (χ4n) is 2.32. The molecule has 0 radical (unpaired) electrons. The molecule has 1 fully saturated rings. The van der Waals surface area contributed by atoms with Crippen molar-refractivity contribution < 1.29 is 10.2 Å². The van der Waals surface area contributed by atoms with E-state index in [-0.39, 0.29) is 19.3 Å². The fraction of sp³-hybridized carbons (Fsp3) is 0.538. The molecule has 0 bridgehead atoms. The molecule has 2 rings (SSSR count). The zero-order chi connectivity index (χ0) is 13.7. The Morgan fingerprint density at radius 2 is 1.95 bits per heavy atom. The first-order valence-corrected chi connectivity index (χ1v) is 6.36. The third kappa shape index (κ3) is 3.01. The van der Waals surface area contributed by atoms with Crippen LogP contribution in [0.5, 0.6) is 0 Å². The lowest BCUT2D eigenvalue weighted by Crippen LogP contribution is -2.52. The van der Waals surface area contributed by atoms with Crippen molar-refractivity contribution in [2.75, 3.05) is 44.3 Å². The van der Waals surface area contributed by atoms with E-state index in [4.69, 9.17) is 5.26 Å². The maximum absolute atomic E-state index is 9.17. The van der Waals surface area contributed by atoms with Gasteiger partial charge in [-0.1, -0.05) is 0 Å². The Morgan fingerprint density at radius 3 is 2.53 bits per heavy atom. The minimum atomic E-state index is -0.193. The van der Waals surface area contributed by atoms with Crippen LogP contribution in [0.4, 0.5) is 5.82 Å². The molecule has 102 valence electrons. The molecule has 2 heterocycles. The van der Waals surface area contributed by atoms with Crippen molar-refractivity contribution in [2.45, 2.75) is 6.04 Å². The molecular weight excluding hydrogens is 244 g/mol. The second kappa shape index (κ2) is 6.48. The summed E-state index contributed by atoms with van der Waals surface area (Å²) in [6, 6.07) is 5.48. The number of aliphatic hydroxyl groups excluding tert-OH is 2. The quantitative estimate of drug-likeness (QED) is 0.756. The number of nitrogens with zero attached hydrogens (tertiary/aromatic N) is 4. The van der Waals surface area contributed by atoms with Gasteiger partial charge in [-0.2, -0.15) is 5.26 Å². The number of hydrogen-bond donors (Lipinski definition) is 2. The van der Waals surface area contributed by atoms with Crippen LogP contribution in [-0.2, 0) is 0 Å². The first-order chi connectivity index (χ1) is 9.30. The van der Waals surface area contributed by atoms with Gasteiger partial charge in [-0.25, -0.2) is 4.98 Å². The average Bonchev–Trinajstić information content (AvgIpc) is 2.49. The monoisotopic (exact) mass is 262 g/mol. The Morgan fingerprint density at radius 1 is 1.26 bits per heavy atom. The number of aliphatic hydroxyl groups is 2. The van der Waals surface area contributed by atoms with Crippen LogP contribution in [0.2, 0.25) is 0 Å². The van der Waals surface area contributed by atoms with Crippen molar-refractivity contribution in [1.82, 2.24) is 9.88 Å². The van der Waals surface area contributed by atoms with Crippen molar-refractivity contribution in [3.63, 3.8) is 0 Å². The molecule has 0 aromatic carbocycles. The minimum absolute atomic E-state index is 0.0382. The molecule has 0 aliphatic carbocycles. The zero-order valence-corrected chi connectivity index (χ0v) is 10.7. The van der Waals surface area contributed by atoms with E-state index < -0.39 is 0 Å². The van der Waals surface area contributed by atoms with Gasteiger partial charge in [-0.15, -0.1) is 0 Å². The molecule has 1 aromatic rings. The third-order valence-corrected chi connectivity index (χ3v) is 3.46. The Kier molecular flexibility index (Phi) is 4.68. The topological polar surface area (TPSA) is 83.6 Å². The van der Waals surface area contributed by atoms with E-state index in [1.807, 2.05) is 0 Å². The zero-order valence-electron chi connectivity index (χ0n) is 10.7. The van der Waals surface area contributed by atoms with Gasteiger partial charge >= 0.3 is 0 Å².